The van der Waals surface area contributed by atoms with Gasteiger partial charge in [0.05, 0.1) is 0 Å². The normalized spacial score (nSPS) is 10.4. The molecule has 0 bridgehead atoms. The third-order valence-corrected chi connectivity index (χ3v) is 2.10. The Morgan fingerprint density at radius 2 is 1.86 bits per heavy atom. The molecule has 0 atom stereocenters. The molecule has 14 heavy (non-hydrogen) atoms. The van der Waals surface area contributed by atoms with E-state index >= 15 is 0 Å². The molecule has 0 aliphatic carbocycles. The van der Waals surface area contributed by atoms with Crippen molar-refractivity contribution in [2.75, 3.05) is 0 Å². The van der Waals surface area contributed by atoms with E-state index in [-0.39, 0.29) is 0 Å². The van der Waals surface area contributed by atoms with Gasteiger partial charge >= 0.3 is 0 Å². The van der Waals surface area contributed by atoms with E-state index in [0.29, 0.717) is 0 Å². The summed E-state index contributed by atoms with van der Waals surface area (Å²) in [6, 6.07) is 6.28. The highest BCUT2D eigenvalue weighted by Crippen LogP contribution is 2.15. The van der Waals surface area contributed by atoms with Gasteiger partial charge in [-0.15, -0.1) is 0 Å². The maximum absolute atomic E-state index is 3.79. The Morgan fingerprint density at radius 1 is 1.14 bits per heavy atom. The molecular formula is C14H16. The lowest BCUT2D eigenvalue weighted by Gasteiger charge is -2.02. The van der Waals surface area contributed by atoms with Gasteiger partial charge in [-0.1, -0.05) is 56.5 Å². The molecule has 0 fully saturated rings. The Hall–Kier alpha value is -1.56. The van der Waals surface area contributed by atoms with Gasteiger partial charge in [-0.05, 0) is 29.2 Å². The van der Waals surface area contributed by atoms with E-state index in [1.165, 1.54) is 5.56 Å². The van der Waals surface area contributed by atoms with Crippen LogP contribution in [0.25, 0.3) is 18.2 Å². The maximum Gasteiger partial charge on any atom is -0.0184 e. The second-order valence-electron chi connectivity index (χ2n) is 3.11. The molecule has 0 saturated carbocycles. The van der Waals surface area contributed by atoms with Crippen LogP contribution in [0.4, 0.5) is 0 Å². The average Bonchev–Trinajstić information content (AvgIpc) is 2.25. The molecule has 0 N–H and O–H groups in total. The predicted octanol–water partition coefficient (Wildman–Crippen LogP) is 4.40. The average molecular weight is 184 g/mol. The number of hydrogen-bond acceptors (Lipinski definition) is 0. The van der Waals surface area contributed by atoms with Gasteiger partial charge in [-0.25, -0.2) is 0 Å². The monoisotopic (exact) mass is 184 g/mol. The highest BCUT2D eigenvalue weighted by molar-refractivity contribution is 5.67. The van der Waals surface area contributed by atoms with Crippen molar-refractivity contribution < 1.29 is 0 Å². The first-order chi connectivity index (χ1) is 6.81. The second-order valence-corrected chi connectivity index (χ2v) is 3.11. The highest BCUT2D eigenvalue weighted by Gasteiger charge is 1.95. The molecule has 0 heteroatoms. The molecule has 0 nitrogen and oxygen atoms in total. The van der Waals surface area contributed by atoms with Crippen LogP contribution >= 0.6 is 0 Å². The Kier molecular flexibility index (Phi) is 3.93. The first kappa shape index (κ1) is 10.5. The summed E-state index contributed by atoms with van der Waals surface area (Å²) in [5, 5.41) is 0. The largest absolute Gasteiger partial charge is 0.0984 e. The Bertz CT molecular complexity index is 356. The number of rotatable bonds is 4. The summed E-state index contributed by atoms with van der Waals surface area (Å²) in [4.78, 5) is 0. The van der Waals surface area contributed by atoms with Gasteiger partial charge in [-0.3, -0.25) is 0 Å². The molecule has 0 aliphatic rings. The Labute approximate surface area is 86.3 Å². The standard InChI is InChI=1S/C14H16/c1-4-7-8-12-9-10-13(5-2)14(6-3)11-12/h5-11H,2-4H2,1H3. The fraction of sp³-hybridized carbons (Fsp3) is 0.143. The number of allylic oxidation sites excluding steroid dienone is 1. The summed E-state index contributed by atoms with van der Waals surface area (Å²) in [6.07, 6.45) is 9.05. The van der Waals surface area contributed by atoms with Crippen molar-refractivity contribution in [2.45, 2.75) is 13.3 Å². The first-order valence-corrected chi connectivity index (χ1v) is 4.87. The van der Waals surface area contributed by atoms with E-state index in [4.69, 9.17) is 0 Å². The Balaban J connectivity index is 3.07. The first-order valence-electron chi connectivity index (χ1n) is 4.87. The minimum Gasteiger partial charge on any atom is -0.0984 e. The molecule has 0 heterocycles. The van der Waals surface area contributed by atoms with Gasteiger partial charge in [0.25, 0.3) is 0 Å². The van der Waals surface area contributed by atoms with Gasteiger partial charge in [0.15, 0.2) is 0 Å². The summed E-state index contributed by atoms with van der Waals surface area (Å²) in [5.74, 6) is 0. The third-order valence-electron chi connectivity index (χ3n) is 2.10. The lowest BCUT2D eigenvalue weighted by atomic mass is 10.0. The lowest BCUT2D eigenvalue weighted by Crippen LogP contribution is -1.81. The summed E-state index contributed by atoms with van der Waals surface area (Å²) in [7, 11) is 0. The molecule has 0 radical (unpaired) electrons. The van der Waals surface area contributed by atoms with Crippen molar-refractivity contribution in [3.8, 4) is 0 Å². The zero-order valence-corrected chi connectivity index (χ0v) is 8.66. The van der Waals surface area contributed by atoms with Crippen LogP contribution in [0.5, 0.6) is 0 Å². The SMILES string of the molecule is C=Cc1ccc(C=CCC)cc1C=C. The molecule has 1 rings (SSSR count). The maximum atomic E-state index is 3.79. The van der Waals surface area contributed by atoms with Gasteiger partial charge in [0, 0.05) is 0 Å². The zero-order chi connectivity index (χ0) is 10.4. The van der Waals surface area contributed by atoms with E-state index in [2.05, 4.69) is 50.4 Å². The molecule has 1 aromatic rings. The number of hydrogen-bond donors (Lipinski definition) is 0. The van der Waals surface area contributed by atoms with Crippen molar-refractivity contribution in [3.63, 3.8) is 0 Å². The molecule has 0 amide bonds. The number of benzene rings is 1. The molecule has 0 saturated heterocycles. The van der Waals surface area contributed by atoms with Crippen LogP contribution in [0.3, 0.4) is 0 Å². The van der Waals surface area contributed by atoms with Crippen LogP contribution in [0.1, 0.15) is 30.0 Å². The van der Waals surface area contributed by atoms with Crippen molar-refractivity contribution in [1.82, 2.24) is 0 Å². The lowest BCUT2D eigenvalue weighted by molar-refractivity contribution is 1.23. The van der Waals surface area contributed by atoms with E-state index in [9.17, 15) is 0 Å². The highest BCUT2D eigenvalue weighted by atomic mass is 14.0. The molecule has 1 aromatic carbocycles. The van der Waals surface area contributed by atoms with Gasteiger partial charge in [-0.2, -0.15) is 0 Å². The van der Waals surface area contributed by atoms with Crippen molar-refractivity contribution in [2.24, 2.45) is 0 Å². The van der Waals surface area contributed by atoms with E-state index in [0.717, 1.165) is 17.5 Å². The molecule has 0 aromatic heterocycles. The van der Waals surface area contributed by atoms with E-state index < -0.39 is 0 Å². The van der Waals surface area contributed by atoms with Gasteiger partial charge < -0.3 is 0 Å². The fourth-order valence-electron chi connectivity index (χ4n) is 1.31. The topological polar surface area (TPSA) is 0 Å². The van der Waals surface area contributed by atoms with Crippen LogP contribution in [0, 0.1) is 0 Å². The minimum atomic E-state index is 1.06. The molecule has 72 valence electrons. The van der Waals surface area contributed by atoms with E-state index in [1.807, 2.05) is 12.2 Å². The Morgan fingerprint density at radius 3 is 2.43 bits per heavy atom. The molecule has 0 aliphatic heterocycles. The summed E-state index contributed by atoms with van der Waals surface area (Å²) < 4.78 is 0. The quantitative estimate of drug-likeness (QED) is 0.650. The van der Waals surface area contributed by atoms with Crippen LogP contribution in [-0.4, -0.2) is 0 Å². The fourth-order valence-corrected chi connectivity index (χ4v) is 1.31. The summed E-state index contributed by atoms with van der Waals surface area (Å²) in [5.41, 5.74) is 3.49. The minimum absolute atomic E-state index is 1.06. The molecular weight excluding hydrogens is 168 g/mol. The summed E-state index contributed by atoms with van der Waals surface area (Å²) in [6.45, 7) is 9.68. The van der Waals surface area contributed by atoms with Crippen LogP contribution in [0.15, 0.2) is 37.4 Å². The van der Waals surface area contributed by atoms with Crippen LogP contribution < -0.4 is 0 Å². The smallest absolute Gasteiger partial charge is 0.0184 e. The predicted molar refractivity (Wildman–Crippen MR) is 65.9 cm³/mol. The van der Waals surface area contributed by atoms with Crippen molar-refractivity contribution >= 4 is 18.2 Å². The van der Waals surface area contributed by atoms with Crippen molar-refractivity contribution in [3.05, 3.63) is 54.1 Å². The summed E-state index contributed by atoms with van der Waals surface area (Å²) >= 11 is 0. The van der Waals surface area contributed by atoms with Gasteiger partial charge in [0.1, 0.15) is 0 Å². The molecule has 0 unspecified atom stereocenters. The zero-order valence-electron chi connectivity index (χ0n) is 8.66. The van der Waals surface area contributed by atoms with E-state index in [1.54, 1.807) is 0 Å². The van der Waals surface area contributed by atoms with Crippen molar-refractivity contribution in [1.29, 1.82) is 0 Å². The van der Waals surface area contributed by atoms with Crippen LogP contribution in [0.2, 0.25) is 0 Å². The second kappa shape index (κ2) is 5.23. The van der Waals surface area contributed by atoms with Gasteiger partial charge in [0.2, 0.25) is 0 Å². The van der Waals surface area contributed by atoms with Crippen LogP contribution in [-0.2, 0) is 0 Å². The third kappa shape index (κ3) is 2.46. The molecule has 0 spiro atoms.